The Bertz CT molecular complexity index is 1190. The average Bonchev–Trinajstić information content (AvgIpc) is 2.79. The number of nitrogens with zero attached hydrogens (tertiary/aromatic N) is 2. The van der Waals surface area contributed by atoms with Crippen LogP contribution in [0, 0.1) is 13.8 Å². The Hall–Kier alpha value is -3.65. The number of sulfonamides is 1. The summed E-state index contributed by atoms with van der Waals surface area (Å²) >= 11 is 0. The molecule has 0 spiro atoms. The van der Waals surface area contributed by atoms with Crippen molar-refractivity contribution in [2.24, 2.45) is 5.10 Å². The van der Waals surface area contributed by atoms with Gasteiger partial charge in [-0.3, -0.25) is 9.10 Å². The van der Waals surface area contributed by atoms with Crippen LogP contribution in [0.25, 0.3) is 0 Å². The summed E-state index contributed by atoms with van der Waals surface area (Å²) in [4.78, 5) is 12.6. The molecular formula is C24H25N3O4S. The van der Waals surface area contributed by atoms with Crippen molar-refractivity contribution in [3.05, 3.63) is 89.5 Å². The molecule has 0 saturated heterocycles. The van der Waals surface area contributed by atoms with Gasteiger partial charge < -0.3 is 4.74 Å². The molecule has 1 N–H and O–H groups in total. The molecule has 0 aromatic heterocycles. The Balaban J connectivity index is 1.83. The summed E-state index contributed by atoms with van der Waals surface area (Å²) in [6.45, 7) is 3.45. The number of anilines is 1. The smallest absolute Gasteiger partial charge is 0.264 e. The highest BCUT2D eigenvalue weighted by atomic mass is 32.2. The second-order valence-electron chi connectivity index (χ2n) is 7.23. The molecule has 0 heterocycles. The number of amides is 1. The van der Waals surface area contributed by atoms with Gasteiger partial charge in [-0.25, -0.2) is 13.8 Å². The highest BCUT2D eigenvalue weighted by molar-refractivity contribution is 7.92. The lowest BCUT2D eigenvalue weighted by Crippen LogP contribution is -2.39. The number of carbonyl (C=O) groups excluding carboxylic acids is 1. The van der Waals surface area contributed by atoms with Crippen LogP contribution < -0.4 is 14.5 Å². The molecule has 1 amide bonds. The molecule has 3 rings (SSSR count). The van der Waals surface area contributed by atoms with E-state index in [1.165, 1.54) is 25.5 Å². The number of hydrogen-bond donors (Lipinski definition) is 1. The number of aryl methyl sites for hydroxylation is 2. The monoisotopic (exact) mass is 451 g/mol. The Kier molecular flexibility index (Phi) is 7.27. The lowest BCUT2D eigenvalue weighted by molar-refractivity contribution is -0.119. The van der Waals surface area contributed by atoms with Crippen molar-refractivity contribution in [3.63, 3.8) is 0 Å². The third-order valence-corrected chi connectivity index (χ3v) is 6.52. The fraction of sp³-hybridized carbons (Fsp3) is 0.167. The van der Waals surface area contributed by atoms with E-state index in [2.05, 4.69) is 10.5 Å². The van der Waals surface area contributed by atoms with Crippen LogP contribution in [0.2, 0.25) is 0 Å². The van der Waals surface area contributed by atoms with Gasteiger partial charge in [0.25, 0.3) is 15.9 Å². The minimum Gasteiger partial charge on any atom is -0.497 e. The van der Waals surface area contributed by atoms with Crippen molar-refractivity contribution in [1.82, 2.24) is 5.43 Å². The lowest BCUT2D eigenvalue weighted by Gasteiger charge is -2.24. The molecule has 0 atom stereocenters. The molecule has 3 aromatic rings. The molecule has 0 radical (unpaired) electrons. The summed E-state index contributed by atoms with van der Waals surface area (Å²) in [5.74, 6) is -0.0277. The maximum atomic E-state index is 13.3. The van der Waals surface area contributed by atoms with E-state index in [9.17, 15) is 13.2 Å². The maximum Gasteiger partial charge on any atom is 0.264 e. The van der Waals surface area contributed by atoms with E-state index in [0.29, 0.717) is 11.4 Å². The first-order chi connectivity index (χ1) is 15.3. The fourth-order valence-electron chi connectivity index (χ4n) is 2.90. The summed E-state index contributed by atoms with van der Waals surface area (Å²) in [5, 5.41) is 3.95. The fourth-order valence-corrected chi connectivity index (χ4v) is 4.32. The lowest BCUT2D eigenvalue weighted by atomic mass is 10.2. The zero-order chi connectivity index (χ0) is 23.1. The molecule has 0 aliphatic carbocycles. The van der Waals surface area contributed by atoms with Crippen molar-refractivity contribution in [3.8, 4) is 5.75 Å². The molecule has 0 fully saturated rings. The average molecular weight is 452 g/mol. The van der Waals surface area contributed by atoms with E-state index in [0.717, 1.165) is 21.0 Å². The molecule has 32 heavy (non-hydrogen) atoms. The first-order valence-corrected chi connectivity index (χ1v) is 11.4. The van der Waals surface area contributed by atoms with E-state index in [1.807, 2.05) is 38.1 Å². The van der Waals surface area contributed by atoms with Crippen LogP contribution in [0.1, 0.15) is 16.7 Å². The molecule has 0 saturated carbocycles. The SMILES string of the molecule is COc1ccc(S(=O)(=O)N(CC(=O)N/N=C\c2ccc(C)cc2)c2ccc(C)cc2)cc1. The second-order valence-corrected chi connectivity index (χ2v) is 9.09. The summed E-state index contributed by atoms with van der Waals surface area (Å²) in [7, 11) is -2.50. The normalized spacial score (nSPS) is 11.3. The number of rotatable bonds is 8. The number of methoxy groups -OCH3 is 1. The zero-order valence-electron chi connectivity index (χ0n) is 18.1. The van der Waals surface area contributed by atoms with Crippen LogP contribution in [-0.2, 0) is 14.8 Å². The largest absolute Gasteiger partial charge is 0.497 e. The third kappa shape index (κ3) is 5.73. The number of ether oxygens (including phenoxy) is 1. The molecule has 7 nitrogen and oxygen atoms in total. The maximum absolute atomic E-state index is 13.3. The van der Waals surface area contributed by atoms with Crippen LogP contribution in [-0.4, -0.2) is 34.2 Å². The number of hydrogen-bond acceptors (Lipinski definition) is 5. The van der Waals surface area contributed by atoms with Gasteiger partial charge in [0, 0.05) is 0 Å². The van der Waals surface area contributed by atoms with Gasteiger partial charge >= 0.3 is 0 Å². The molecule has 0 bridgehead atoms. The van der Waals surface area contributed by atoms with Gasteiger partial charge in [0.1, 0.15) is 12.3 Å². The van der Waals surface area contributed by atoms with Gasteiger partial charge in [0.2, 0.25) is 0 Å². The third-order valence-electron chi connectivity index (χ3n) is 4.74. The van der Waals surface area contributed by atoms with Crippen LogP contribution in [0.15, 0.2) is 82.8 Å². The predicted octanol–water partition coefficient (Wildman–Crippen LogP) is 3.66. The highest BCUT2D eigenvalue weighted by Crippen LogP contribution is 2.25. The first-order valence-electron chi connectivity index (χ1n) is 9.91. The Morgan fingerprint density at radius 3 is 2.06 bits per heavy atom. The van der Waals surface area contributed by atoms with Crippen molar-refractivity contribution < 1.29 is 17.9 Å². The van der Waals surface area contributed by atoms with Crippen molar-refractivity contribution in [2.45, 2.75) is 18.7 Å². The summed E-state index contributed by atoms with van der Waals surface area (Å²) in [6.07, 6.45) is 1.51. The van der Waals surface area contributed by atoms with Gasteiger partial charge in [0.15, 0.2) is 0 Å². The highest BCUT2D eigenvalue weighted by Gasteiger charge is 2.27. The first kappa shape index (κ1) is 23.0. The van der Waals surface area contributed by atoms with E-state index in [1.54, 1.807) is 36.4 Å². The van der Waals surface area contributed by atoms with Crippen molar-refractivity contribution in [2.75, 3.05) is 18.0 Å². The minimum atomic E-state index is -4.00. The van der Waals surface area contributed by atoms with E-state index in [-0.39, 0.29) is 4.90 Å². The Morgan fingerprint density at radius 2 is 1.50 bits per heavy atom. The summed E-state index contributed by atoms with van der Waals surface area (Å²) in [6, 6.07) is 20.5. The molecule has 3 aromatic carbocycles. The molecular weight excluding hydrogens is 426 g/mol. The Labute approximate surface area is 188 Å². The predicted molar refractivity (Wildman–Crippen MR) is 126 cm³/mol. The van der Waals surface area contributed by atoms with Crippen LogP contribution in [0.4, 0.5) is 5.69 Å². The van der Waals surface area contributed by atoms with E-state index in [4.69, 9.17) is 4.74 Å². The van der Waals surface area contributed by atoms with E-state index < -0.39 is 22.5 Å². The van der Waals surface area contributed by atoms with Gasteiger partial charge in [-0.05, 0) is 55.8 Å². The van der Waals surface area contributed by atoms with Crippen molar-refractivity contribution in [1.29, 1.82) is 0 Å². The van der Waals surface area contributed by atoms with Crippen LogP contribution in [0.3, 0.4) is 0 Å². The Morgan fingerprint density at radius 1 is 0.938 bits per heavy atom. The summed E-state index contributed by atoms with van der Waals surface area (Å²) in [5.41, 5.74) is 5.69. The van der Waals surface area contributed by atoms with Crippen molar-refractivity contribution >= 4 is 27.8 Å². The van der Waals surface area contributed by atoms with E-state index >= 15 is 0 Å². The molecule has 0 aliphatic heterocycles. The number of carbonyl (C=O) groups is 1. The number of benzene rings is 3. The topological polar surface area (TPSA) is 88.1 Å². The van der Waals surface area contributed by atoms with Gasteiger partial charge in [-0.1, -0.05) is 47.5 Å². The number of hydrazone groups is 1. The molecule has 0 aliphatic rings. The van der Waals surface area contributed by atoms with Gasteiger partial charge in [0.05, 0.1) is 23.9 Å². The van der Waals surface area contributed by atoms with Gasteiger partial charge in [-0.2, -0.15) is 5.10 Å². The summed E-state index contributed by atoms with van der Waals surface area (Å²) < 4.78 is 32.9. The molecule has 8 heteroatoms. The van der Waals surface area contributed by atoms with Gasteiger partial charge in [-0.15, -0.1) is 0 Å². The van der Waals surface area contributed by atoms with Crippen LogP contribution >= 0.6 is 0 Å². The quantitative estimate of drug-likeness (QED) is 0.418. The zero-order valence-corrected chi connectivity index (χ0v) is 19.0. The minimum absolute atomic E-state index is 0.0508. The van der Waals surface area contributed by atoms with Crippen LogP contribution in [0.5, 0.6) is 5.75 Å². The molecule has 0 unspecified atom stereocenters. The number of nitrogens with one attached hydrogen (secondary N) is 1. The second kappa shape index (κ2) is 10.1. The standard InChI is InChI=1S/C24H25N3O4S/c1-18-4-8-20(9-5-18)16-25-26-24(28)17-27(21-10-6-19(2)7-11-21)32(29,30)23-14-12-22(31-3)13-15-23/h4-16H,17H2,1-3H3,(H,26,28)/b25-16-. The molecule has 166 valence electrons.